The van der Waals surface area contributed by atoms with Crippen LogP contribution in [0.3, 0.4) is 0 Å². The summed E-state index contributed by atoms with van der Waals surface area (Å²) in [6.45, 7) is 0.745. The molecule has 158 valence electrons. The van der Waals surface area contributed by atoms with Gasteiger partial charge in [-0.25, -0.2) is 0 Å². The second kappa shape index (κ2) is 9.03. The number of nitrogens with zero attached hydrogens (tertiary/aromatic N) is 2. The van der Waals surface area contributed by atoms with Crippen LogP contribution < -0.4 is 14.8 Å². The average molecular weight is 419 g/mol. The van der Waals surface area contributed by atoms with Crippen LogP contribution in [0.4, 0.5) is 13.2 Å². The minimum absolute atomic E-state index is 0.00877. The number of benzene rings is 1. The highest BCUT2D eigenvalue weighted by Crippen LogP contribution is 2.39. The predicted molar refractivity (Wildman–Crippen MR) is 101 cm³/mol. The van der Waals surface area contributed by atoms with E-state index < -0.39 is 18.8 Å². The van der Waals surface area contributed by atoms with Crippen LogP contribution in [-0.4, -0.2) is 30.3 Å². The molecule has 1 aromatic carbocycles. The largest absolute Gasteiger partial charge is 0.493 e. The Hall–Kier alpha value is -3.28. The molecule has 1 fully saturated rings. The molecule has 3 rings (SSSR count). The van der Waals surface area contributed by atoms with Gasteiger partial charge in [0, 0.05) is 11.8 Å². The lowest BCUT2D eigenvalue weighted by molar-refractivity contribution is -0.153. The molecule has 6 nitrogen and oxygen atoms in total. The molecular weight excluding hydrogens is 399 g/mol. The Balaban J connectivity index is 1.44. The van der Waals surface area contributed by atoms with Gasteiger partial charge in [0.2, 0.25) is 5.91 Å². The van der Waals surface area contributed by atoms with Crippen molar-refractivity contribution in [2.45, 2.75) is 25.6 Å². The van der Waals surface area contributed by atoms with Crippen molar-refractivity contribution in [2.75, 3.05) is 13.2 Å². The molecule has 30 heavy (non-hydrogen) atoms. The second-order valence-electron chi connectivity index (χ2n) is 7.11. The summed E-state index contributed by atoms with van der Waals surface area (Å²) >= 11 is 0. The minimum atomic E-state index is -4.41. The van der Waals surface area contributed by atoms with Crippen molar-refractivity contribution in [3.8, 4) is 17.6 Å². The highest BCUT2D eigenvalue weighted by molar-refractivity contribution is 5.81. The lowest BCUT2D eigenvalue weighted by atomic mass is 10.2. The van der Waals surface area contributed by atoms with Gasteiger partial charge in [-0.2, -0.15) is 18.4 Å². The van der Waals surface area contributed by atoms with Gasteiger partial charge in [0.1, 0.15) is 11.5 Å². The fourth-order valence-corrected chi connectivity index (χ4v) is 2.90. The highest BCUT2D eigenvalue weighted by Gasteiger charge is 2.43. The molecule has 1 amide bonds. The van der Waals surface area contributed by atoms with E-state index in [-0.39, 0.29) is 23.5 Å². The summed E-state index contributed by atoms with van der Waals surface area (Å²) in [5.41, 5.74) is 1.03. The number of carbonyl (C=O) groups excluding carboxylic acids is 1. The first-order valence-corrected chi connectivity index (χ1v) is 9.34. The molecule has 3 atom stereocenters. The van der Waals surface area contributed by atoms with Gasteiger partial charge in [-0.1, -0.05) is 6.07 Å². The van der Waals surface area contributed by atoms with Gasteiger partial charge < -0.3 is 14.8 Å². The third-order valence-corrected chi connectivity index (χ3v) is 4.65. The van der Waals surface area contributed by atoms with E-state index in [1.165, 1.54) is 18.3 Å². The van der Waals surface area contributed by atoms with Crippen LogP contribution in [0, 0.1) is 23.2 Å². The maximum Gasteiger partial charge on any atom is 0.422 e. The predicted octanol–water partition coefficient (Wildman–Crippen LogP) is 3.79. The quantitative estimate of drug-likeness (QED) is 0.704. The van der Waals surface area contributed by atoms with Crippen molar-refractivity contribution in [2.24, 2.45) is 11.8 Å². The SMILES string of the molecule is C[C@@H](NC(=O)C1CC1COc1cccc(C#N)c1)c1ccc(OCC(F)(F)F)cn1. The van der Waals surface area contributed by atoms with Gasteiger partial charge in [-0.3, -0.25) is 9.78 Å². The van der Waals surface area contributed by atoms with E-state index >= 15 is 0 Å². The van der Waals surface area contributed by atoms with Gasteiger partial charge >= 0.3 is 6.18 Å². The molecule has 1 aliphatic carbocycles. The molecule has 0 saturated heterocycles. The van der Waals surface area contributed by atoms with Gasteiger partial charge in [0.25, 0.3) is 0 Å². The molecule has 1 aromatic heterocycles. The number of aromatic nitrogens is 1. The van der Waals surface area contributed by atoms with Crippen LogP contribution >= 0.6 is 0 Å². The summed E-state index contributed by atoms with van der Waals surface area (Å²) in [5.74, 6) is 0.399. The summed E-state index contributed by atoms with van der Waals surface area (Å²) in [7, 11) is 0. The summed E-state index contributed by atoms with van der Waals surface area (Å²) in [5, 5.41) is 11.8. The third-order valence-electron chi connectivity index (χ3n) is 4.65. The smallest absolute Gasteiger partial charge is 0.422 e. The normalized spacial score (nSPS) is 18.8. The van der Waals surface area contributed by atoms with Crippen LogP contribution in [0.2, 0.25) is 0 Å². The molecule has 0 spiro atoms. The molecule has 0 aliphatic heterocycles. The van der Waals surface area contributed by atoms with Crippen molar-refractivity contribution in [1.82, 2.24) is 10.3 Å². The summed E-state index contributed by atoms with van der Waals surface area (Å²) < 4.78 is 46.8. The van der Waals surface area contributed by atoms with Crippen molar-refractivity contribution >= 4 is 5.91 Å². The summed E-state index contributed by atoms with van der Waals surface area (Å²) in [6, 6.07) is 11.4. The number of ether oxygens (including phenoxy) is 2. The van der Waals surface area contributed by atoms with Crippen LogP contribution in [0.25, 0.3) is 0 Å². The number of hydrogen-bond acceptors (Lipinski definition) is 5. The minimum Gasteiger partial charge on any atom is -0.493 e. The zero-order chi connectivity index (χ0) is 21.7. The zero-order valence-electron chi connectivity index (χ0n) is 16.1. The van der Waals surface area contributed by atoms with Crippen molar-refractivity contribution < 1.29 is 27.4 Å². The molecule has 2 unspecified atom stereocenters. The molecule has 9 heteroatoms. The van der Waals surface area contributed by atoms with Crippen molar-refractivity contribution in [3.63, 3.8) is 0 Å². The number of alkyl halides is 3. The van der Waals surface area contributed by atoms with E-state index in [1.807, 2.05) is 6.07 Å². The zero-order valence-corrected chi connectivity index (χ0v) is 16.1. The number of amides is 1. The lowest BCUT2D eigenvalue weighted by Crippen LogP contribution is -2.29. The first-order chi connectivity index (χ1) is 14.2. The Kier molecular flexibility index (Phi) is 6.45. The van der Waals surface area contributed by atoms with Gasteiger partial charge in [-0.05, 0) is 43.7 Å². The van der Waals surface area contributed by atoms with E-state index in [0.29, 0.717) is 30.0 Å². The van der Waals surface area contributed by atoms with E-state index in [0.717, 1.165) is 0 Å². The van der Waals surface area contributed by atoms with E-state index in [1.54, 1.807) is 31.2 Å². The maximum atomic E-state index is 12.4. The Morgan fingerprint density at radius 2 is 2.10 bits per heavy atom. The standard InChI is InChI=1S/C21H20F3N3O3/c1-13(19-6-5-17(10-26-19)30-12-21(22,23)24)27-20(28)18-8-15(18)11-29-16-4-2-3-14(7-16)9-25/h2-7,10,13,15,18H,8,11-12H2,1H3,(H,27,28)/t13-,15?,18?/m1/s1. The van der Waals surface area contributed by atoms with Crippen LogP contribution in [0.1, 0.15) is 30.6 Å². The van der Waals surface area contributed by atoms with E-state index in [4.69, 9.17) is 10.00 Å². The Morgan fingerprint density at radius 1 is 1.30 bits per heavy atom. The lowest BCUT2D eigenvalue weighted by Gasteiger charge is -2.14. The number of rotatable bonds is 8. The Labute approximate surface area is 171 Å². The first-order valence-electron chi connectivity index (χ1n) is 9.34. The van der Waals surface area contributed by atoms with Crippen molar-refractivity contribution in [1.29, 1.82) is 5.26 Å². The van der Waals surface area contributed by atoms with E-state index in [9.17, 15) is 18.0 Å². The van der Waals surface area contributed by atoms with Crippen LogP contribution in [-0.2, 0) is 4.79 Å². The Morgan fingerprint density at radius 3 is 2.77 bits per heavy atom. The number of halogens is 3. The fraction of sp³-hybridized carbons (Fsp3) is 0.381. The number of nitrogens with one attached hydrogen (secondary N) is 1. The Bertz CT molecular complexity index is 926. The molecule has 0 radical (unpaired) electrons. The summed E-state index contributed by atoms with van der Waals surface area (Å²) in [4.78, 5) is 16.5. The van der Waals surface area contributed by atoms with Crippen LogP contribution in [0.15, 0.2) is 42.6 Å². The molecule has 1 saturated carbocycles. The first kappa shape index (κ1) is 21.4. The average Bonchev–Trinajstić information content (AvgIpc) is 3.50. The van der Waals surface area contributed by atoms with Gasteiger partial charge in [0.05, 0.1) is 36.2 Å². The molecule has 0 bridgehead atoms. The number of pyridine rings is 1. The second-order valence-corrected chi connectivity index (χ2v) is 7.11. The molecular formula is C21H20F3N3O3. The molecule has 1 N–H and O–H groups in total. The fourth-order valence-electron chi connectivity index (χ4n) is 2.90. The van der Waals surface area contributed by atoms with Crippen molar-refractivity contribution in [3.05, 3.63) is 53.9 Å². The molecule has 1 heterocycles. The monoisotopic (exact) mass is 419 g/mol. The number of hydrogen-bond donors (Lipinski definition) is 1. The highest BCUT2D eigenvalue weighted by atomic mass is 19.4. The molecule has 1 aliphatic rings. The van der Waals surface area contributed by atoms with Gasteiger partial charge in [-0.15, -0.1) is 0 Å². The number of carbonyl (C=O) groups is 1. The van der Waals surface area contributed by atoms with Crippen LogP contribution in [0.5, 0.6) is 11.5 Å². The third kappa shape index (κ3) is 6.11. The topological polar surface area (TPSA) is 84.2 Å². The summed E-state index contributed by atoms with van der Waals surface area (Å²) in [6.07, 6.45) is -2.51. The van der Waals surface area contributed by atoms with E-state index in [2.05, 4.69) is 15.0 Å². The van der Waals surface area contributed by atoms with Gasteiger partial charge in [0.15, 0.2) is 6.61 Å². The molecule has 2 aromatic rings. The number of nitriles is 1. The maximum absolute atomic E-state index is 12.4.